The number of furan rings is 2. The number of benzene rings is 6. The summed E-state index contributed by atoms with van der Waals surface area (Å²) in [5.74, 6) is 0. The normalized spacial score (nSPS) is 13.1. The molecule has 0 saturated carbocycles. The fourth-order valence-electron chi connectivity index (χ4n) is 6.52. The van der Waals surface area contributed by atoms with Gasteiger partial charge in [-0.2, -0.15) is 0 Å². The zero-order valence-corrected chi connectivity index (χ0v) is 22.2. The number of fused-ring (bicyclic) bond motifs is 9. The maximum atomic E-state index is 6.37. The lowest BCUT2D eigenvalue weighted by Gasteiger charge is -2.13. The zero-order chi connectivity index (χ0) is 26.9. The molecule has 0 amide bonds. The van der Waals surface area contributed by atoms with Gasteiger partial charge >= 0.3 is 0 Å². The molecule has 0 N–H and O–H groups in total. The Morgan fingerprint density at radius 2 is 1.10 bits per heavy atom. The lowest BCUT2D eigenvalue weighted by atomic mass is 9.90. The number of rotatable bonds is 2. The maximum Gasteiger partial charge on any atom is 0.143 e. The van der Waals surface area contributed by atoms with Crippen LogP contribution in [-0.4, -0.2) is 0 Å². The summed E-state index contributed by atoms with van der Waals surface area (Å²) in [5, 5.41) is 4.58. The van der Waals surface area contributed by atoms with E-state index < -0.39 is 0 Å². The van der Waals surface area contributed by atoms with Crippen LogP contribution < -0.4 is 0 Å². The second kappa shape index (κ2) is 8.69. The van der Waals surface area contributed by atoms with Gasteiger partial charge in [-0.25, -0.2) is 0 Å². The SMILES string of the molecule is c1ccc2c(c1)oc1c(-c3ccc4c(c3)-c3ccc(-c5cccc6oc7ccccc7c56)cc3COC4)cccc12. The Bertz CT molecular complexity index is 2300. The van der Waals surface area contributed by atoms with Gasteiger partial charge in [0.15, 0.2) is 0 Å². The zero-order valence-electron chi connectivity index (χ0n) is 22.2. The smallest absolute Gasteiger partial charge is 0.143 e. The molecule has 0 aliphatic carbocycles. The van der Waals surface area contributed by atoms with E-state index in [0.29, 0.717) is 13.2 Å². The van der Waals surface area contributed by atoms with Gasteiger partial charge in [-0.05, 0) is 69.3 Å². The van der Waals surface area contributed by atoms with Gasteiger partial charge in [-0.1, -0.05) is 91.0 Å². The molecule has 0 spiro atoms. The molecule has 3 heteroatoms. The Labute approximate surface area is 236 Å². The average molecular weight is 529 g/mol. The minimum Gasteiger partial charge on any atom is -0.456 e. The Balaban J connectivity index is 1.20. The Kier molecular flexibility index (Phi) is 4.80. The third kappa shape index (κ3) is 3.43. The highest BCUT2D eigenvalue weighted by Crippen LogP contribution is 2.42. The number of ether oxygens (including phenoxy) is 1. The van der Waals surface area contributed by atoms with Crippen molar-refractivity contribution in [1.29, 1.82) is 0 Å². The standard InChI is InChI=1S/C38H24O3/c1-3-12-34-30(7-1)31-11-5-10-29(38(31)41-34)24-15-16-25-21-39-22-26-19-23(17-18-27(26)33(25)20-24)28-9-6-14-36-37(28)32-8-2-4-13-35(32)40-36/h1-20H,21-22H2. The van der Waals surface area contributed by atoms with Gasteiger partial charge in [0.1, 0.15) is 22.3 Å². The highest BCUT2D eigenvalue weighted by molar-refractivity contribution is 6.12. The van der Waals surface area contributed by atoms with Crippen LogP contribution in [0.3, 0.4) is 0 Å². The summed E-state index contributed by atoms with van der Waals surface area (Å²) < 4.78 is 18.7. The van der Waals surface area contributed by atoms with E-state index in [9.17, 15) is 0 Å². The van der Waals surface area contributed by atoms with Crippen LogP contribution in [0.25, 0.3) is 77.3 Å². The number of para-hydroxylation sites is 3. The Morgan fingerprint density at radius 3 is 2.02 bits per heavy atom. The molecule has 0 atom stereocenters. The number of hydrogen-bond acceptors (Lipinski definition) is 3. The van der Waals surface area contributed by atoms with Crippen molar-refractivity contribution in [3.8, 4) is 33.4 Å². The van der Waals surface area contributed by atoms with Crippen molar-refractivity contribution in [2.45, 2.75) is 13.2 Å². The molecule has 6 aromatic carbocycles. The lowest BCUT2D eigenvalue weighted by molar-refractivity contribution is 0.110. The van der Waals surface area contributed by atoms with Gasteiger partial charge in [0.2, 0.25) is 0 Å². The molecular formula is C38H24O3. The van der Waals surface area contributed by atoms with Crippen LogP contribution in [0.1, 0.15) is 11.1 Å². The van der Waals surface area contributed by atoms with Crippen LogP contribution in [0.15, 0.2) is 130 Å². The lowest BCUT2D eigenvalue weighted by Crippen LogP contribution is -1.91. The Hall–Kier alpha value is -5.12. The summed E-state index contributed by atoms with van der Waals surface area (Å²) in [6, 6.07) is 42.7. The summed E-state index contributed by atoms with van der Waals surface area (Å²) in [4.78, 5) is 0. The maximum absolute atomic E-state index is 6.37. The molecule has 0 unspecified atom stereocenters. The second-order valence-corrected chi connectivity index (χ2v) is 10.8. The van der Waals surface area contributed by atoms with Gasteiger partial charge in [0.25, 0.3) is 0 Å². The first-order chi connectivity index (χ1) is 20.3. The van der Waals surface area contributed by atoms with Crippen molar-refractivity contribution in [3.05, 3.63) is 132 Å². The van der Waals surface area contributed by atoms with Crippen molar-refractivity contribution >= 4 is 43.9 Å². The van der Waals surface area contributed by atoms with Crippen LogP contribution in [0.5, 0.6) is 0 Å². The molecule has 0 saturated heterocycles. The molecule has 0 radical (unpaired) electrons. The predicted molar refractivity (Wildman–Crippen MR) is 166 cm³/mol. The molecule has 3 heterocycles. The van der Waals surface area contributed by atoms with Crippen LogP contribution in [0, 0.1) is 0 Å². The van der Waals surface area contributed by atoms with Gasteiger partial charge in [-0.15, -0.1) is 0 Å². The Morgan fingerprint density at radius 1 is 0.415 bits per heavy atom. The van der Waals surface area contributed by atoms with E-state index in [0.717, 1.165) is 60.6 Å². The van der Waals surface area contributed by atoms with Crippen LogP contribution in [-0.2, 0) is 18.0 Å². The molecule has 0 bridgehead atoms. The molecule has 0 fully saturated rings. The van der Waals surface area contributed by atoms with E-state index in [-0.39, 0.29) is 0 Å². The minimum absolute atomic E-state index is 0.564. The van der Waals surface area contributed by atoms with Gasteiger partial charge in [-0.3, -0.25) is 0 Å². The van der Waals surface area contributed by atoms with E-state index in [4.69, 9.17) is 13.6 Å². The molecule has 1 aliphatic rings. The first-order valence-electron chi connectivity index (χ1n) is 14.0. The van der Waals surface area contributed by atoms with Crippen molar-refractivity contribution in [1.82, 2.24) is 0 Å². The highest BCUT2D eigenvalue weighted by Gasteiger charge is 2.20. The van der Waals surface area contributed by atoms with E-state index in [1.165, 1.54) is 27.8 Å². The van der Waals surface area contributed by atoms with Crippen molar-refractivity contribution in [2.75, 3.05) is 0 Å². The summed E-state index contributed by atoms with van der Waals surface area (Å²) >= 11 is 0. The van der Waals surface area contributed by atoms with Crippen molar-refractivity contribution in [2.24, 2.45) is 0 Å². The minimum atomic E-state index is 0.564. The van der Waals surface area contributed by atoms with Crippen molar-refractivity contribution < 1.29 is 13.6 Å². The quantitative estimate of drug-likeness (QED) is 0.224. The van der Waals surface area contributed by atoms with E-state index >= 15 is 0 Å². The fraction of sp³-hybridized carbons (Fsp3) is 0.0526. The van der Waals surface area contributed by atoms with Gasteiger partial charge < -0.3 is 13.6 Å². The third-order valence-electron chi connectivity index (χ3n) is 8.45. The molecule has 9 rings (SSSR count). The molecule has 3 nitrogen and oxygen atoms in total. The first kappa shape index (κ1) is 22.7. The first-order valence-corrected chi connectivity index (χ1v) is 14.0. The molecule has 1 aliphatic heterocycles. The van der Waals surface area contributed by atoms with Gasteiger partial charge in [0.05, 0.1) is 13.2 Å². The fourth-order valence-corrected chi connectivity index (χ4v) is 6.52. The van der Waals surface area contributed by atoms with E-state index in [1.807, 2.05) is 30.3 Å². The largest absolute Gasteiger partial charge is 0.456 e. The van der Waals surface area contributed by atoms with Crippen LogP contribution in [0.2, 0.25) is 0 Å². The topological polar surface area (TPSA) is 35.5 Å². The predicted octanol–water partition coefficient (Wildman–Crippen LogP) is 10.5. The highest BCUT2D eigenvalue weighted by atomic mass is 16.5. The van der Waals surface area contributed by atoms with Crippen LogP contribution in [0.4, 0.5) is 0 Å². The molecule has 194 valence electrons. The molecular weight excluding hydrogens is 504 g/mol. The monoisotopic (exact) mass is 528 g/mol. The summed E-state index contributed by atoms with van der Waals surface area (Å²) in [5.41, 5.74) is 13.0. The second-order valence-electron chi connectivity index (χ2n) is 10.8. The van der Waals surface area contributed by atoms with Crippen molar-refractivity contribution in [3.63, 3.8) is 0 Å². The number of hydrogen-bond donors (Lipinski definition) is 0. The van der Waals surface area contributed by atoms with E-state index in [1.54, 1.807) is 0 Å². The van der Waals surface area contributed by atoms with Crippen LogP contribution >= 0.6 is 0 Å². The molecule has 41 heavy (non-hydrogen) atoms. The average Bonchev–Trinajstić information content (AvgIpc) is 3.54. The summed E-state index contributed by atoms with van der Waals surface area (Å²) in [7, 11) is 0. The summed E-state index contributed by atoms with van der Waals surface area (Å²) in [6.45, 7) is 1.14. The third-order valence-corrected chi connectivity index (χ3v) is 8.45. The van der Waals surface area contributed by atoms with E-state index in [2.05, 4.69) is 91.0 Å². The van der Waals surface area contributed by atoms with Gasteiger partial charge in [0, 0.05) is 27.1 Å². The summed E-state index contributed by atoms with van der Waals surface area (Å²) in [6.07, 6.45) is 0. The molecule has 8 aromatic rings. The molecule has 2 aromatic heterocycles.